The molecule has 200 valence electrons. The maximum absolute atomic E-state index is 12.9. The third kappa shape index (κ3) is 6.51. The Bertz CT molecular complexity index is 1230. The number of aryl methyl sites for hydroxylation is 1. The van der Waals surface area contributed by atoms with E-state index in [2.05, 4.69) is 10.6 Å². The first-order chi connectivity index (χ1) is 17.7. The van der Waals surface area contributed by atoms with Crippen LogP contribution < -0.4 is 24.8 Å². The first-order valence-electron chi connectivity index (χ1n) is 11.9. The van der Waals surface area contributed by atoms with E-state index in [1.807, 2.05) is 18.2 Å². The molecular formula is C25H32N4O7S. The molecule has 11 nitrogen and oxygen atoms in total. The van der Waals surface area contributed by atoms with Gasteiger partial charge in [-0.3, -0.25) is 9.59 Å². The van der Waals surface area contributed by atoms with Crippen molar-refractivity contribution in [1.82, 2.24) is 19.2 Å². The molecule has 5 aliphatic rings. The lowest BCUT2D eigenvalue weighted by Gasteiger charge is -2.21. The number of carbonyl (C=O) groups excluding carboxylic acids is 2. The zero-order valence-corrected chi connectivity index (χ0v) is 21.9. The largest absolute Gasteiger partial charge is 0.493 e. The number of ether oxygens (including phenoxy) is 3. The summed E-state index contributed by atoms with van der Waals surface area (Å²) in [5, 5.41) is 5.78. The molecule has 0 spiro atoms. The number of methoxy groups -OCH3 is 1. The van der Waals surface area contributed by atoms with Gasteiger partial charge < -0.3 is 24.8 Å². The molecule has 2 aromatic carbocycles. The molecule has 37 heavy (non-hydrogen) atoms. The normalized spacial score (nSPS) is 21.5. The molecule has 0 aromatic heterocycles. The van der Waals surface area contributed by atoms with Crippen LogP contribution in [0, 0.1) is 0 Å². The van der Waals surface area contributed by atoms with Gasteiger partial charge in [0.05, 0.1) is 19.7 Å². The summed E-state index contributed by atoms with van der Waals surface area (Å²) >= 11 is 0. The van der Waals surface area contributed by atoms with E-state index in [0.717, 1.165) is 15.4 Å². The number of hydrogen-bond donors (Lipinski definition) is 2. The van der Waals surface area contributed by atoms with Crippen molar-refractivity contribution in [2.75, 3.05) is 40.9 Å². The van der Waals surface area contributed by atoms with E-state index in [0.29, 0.717) is 30.2 Å². The monoisotopic (exact) mass is 532 g/mol. The average Bonchev–Trinajstić information content (AvgIpc) is 3.28. The molecule has 2 aromatic rings. The van der Waals surface area contributed by atoms with Crippen molar-refractivity contribution >= 4 is 22.0 Å². The van der Waals surface area contributed by atoms with Gasteiger partial charge in [0.1, 0.15) is 11.9 Å². The minimum atomic E-state index is -3.68. The van der Waals surface area contributed by atoms with Crippen LogP contribution in [0.4, 0.5) is 0 Å². The Balaban J connectivity index is 1.59. The van der Waals surface area contributed by atoms with E-state index in [1.165, 1.54) is 25.5 Å². The molecule has 0 saturated carbocycles. The van der Waals surface area contributed by atoms with Gasteiger partial charge in [-0.25, -0.2) is 0 Å². The fourth-order valence-corrected chi connectivity index (χ4v) is 5.34. The zero-order valence-electron chi connectivity index (χ0n) is 21.1. The van der Waals surface area contributed by atoms with Crippen LogP contribution in [0.1, 0.15) is 17.5 Å². The second-order valence-corrected chi connectivity index (χ2v) is 11.3. The number of amides is 2. The first-order valence-corrected chi connectivity index (χ1v) is 13.3. The van der Waals surface area contributed by atoms with Crippen LogP contribution in [0.2, 0.25) is 0 Å². The lowest BCUT2D eigenvalue weighted by atomic mass is 10.1. The number of rotatable bonds is 3. The minimum absolute atomic E-state index is 0.0981. The van der Waals surface area contributed by atoms with Crippen LogP contribution in [0.15, 0.2) is 42.5 Å². The Morgan fingerprint density at radius 3 is 2.43 bits per heavy atom. The number of hydrogen-bond acceptors (Lipinski definition) is 7. The van der Waals surface area contributed by atoms with Crippen molar-refractivity contribution in [3.63, 3.8) is 0 Å². The second-order valence-electron chi connectivity index (χ2n) is 9.13. The number of nitrogens with zero attached hydrogens (tertiary/aromatic N) is 2. The third-order valence-electron chi connectivity index (χ3n) is 6.29. The van der Waals surface area contributed by atoms with Crippen LogP contribution in [0.25, 0.3) is 0 Å². The Kier molecular flexibility index (Phi) is 8.20. The molecule has 4 bridgehead atoms. The number of carbonyl (C=O) groups is 2. The lowest BCUT2D eigenvalue weighted by Crippen LogP contribution is -2.45. The molecule has 12 heteroatoms. The smallest absolute Gasteiger partial charge is 0.281 e. The minimum Gasteiger partial charge on any atom is -0.493 e. The molecule has 2 N–H and O–H groups in total. The van der Waals surface area contributed by atoms with Crippen molar-refractivity contribution in [1.29, 1.82) is 0 Å². The first kappa shape index (κ1) is 26.7. The highest BCUT2D eigenvalue weighted by Gasteiger charge is 2.41. The lowest BCUT2D eigenvalue weighted by molar-refractivity contribution is -0.123. The summed E-state index contributed by atoms with van der Waals surface area (Å²) in [6.45, 7) is 0.326. The van der Waals surface area contributed by atoms with Crippen molar-refractivity contribution in [2.45, 2.75) is 31.5 Å². The van der Waals surface area contributed by atoms with Crippen LogP contribution in [-0.4, -0.2) is 81.9 Å². The molecule has 7 rings (SSSR count). The van der Waals surface area contributed by atoms with Gasteiger partial charge in [-0.1, -0.05) is 18.2 Å². The van der Waals surface area contributed by atoms with E-state index >= 15 is 0 Å². The molecule has 5 aliphatic heterocycles. The highest BCUT2D eigenvalue weighted by Crippen LogP contribution is 2.29. The van der Waals surface area contributed by atoms with E-state index in [1.54, 1.807) is 24.3 Å². The maximum atomic E-state index is 12.9. The highest BCUT2D eigenvalue weighted by atomic mass is 32.2. The molecule has 0 unspecified atom stereocenters. The Labute approximate surface area is 216 Å². The van der Waals surface area contributed by atoms with E-state index in [9.17, 15) is 18.0 Å². The van der Waals surface area contributed by atoms with Crippen molar-refractivity contribution in [2.24, 2.45) is 0 Å². The number of nitrogens with one attached hydrogen (secondary N) is 2. The third-order valence-corrected chi connectivity index (χ3v) is 8.17. The van der Waals surface area contributed by atoms with Gasteiger partial charge in [-0.2, -0.15) is 17.0 Å². The summed E-state index contributed by atoms with van der Waals surface area (Å²) in [5.41, 5.74) is 1.71. The topological polar surface area (TPSA) is 127 Å². The van der Waals surface area contributed by atoms with Gasteiger partial charge in [0.25, 0.3) is 16.1 Å². The molecule has 2 amide bonds. The van der Waals surface area contributed by atoms with Crippen molar-refractivity contribution < 1.29 is 32.2 Å². The highest BCUT2D eigenvalue weighted by molar-refractivity contribution is 7.86. The second kappa shape index (κ2) is 11.4. The van der Waals surface area contributed by atoms with E-state index < -0.39 is 22.4 Å². The van der Waals surface area contributed by atoms with Crippen LogP contribution in [-0.2, 0) is 32.8 Å². The van der Waals surface area contributed by atoms with Gasteiger partial charge in [0.2, 0.25) is 5.91 Å². The Morgan fingerprint density at radius 1 is 1.00 bits per heavy atom. The van der Waals surface area contributed by atoms with Gasteiger partial charge in [-0.05, 0) is 41.8 Å². The van der Waals surface area contributed by atoms with Gasteiger partial charge >= 0.3 is 0 Å². The molecule has 1 saturated heterocycles. The molecule has 0 radical (unpaired) electrons. The van der Waals surface area contributed by atoms with Gasteiger partial charge in [0.15, 0.2) is 18.1 Å². The molecule has 0 aliphatic carbocycles. The SMILES string of the molecule is COc1cc2ccc1OCC(=O)NCc1ccc(cc1)O[C@H]1CN(S(=O)(=O)N(C)C)C[C@@H]1NC(=O)CC2. The quantitative estimate of drug-likeness (QED) is 0.596. The van der Waals surface area contributed by atoms with E-state index in [4.69, 9.17) is 14.2 Å². The van der Waals surface area contributed by atoms with E-state index in [-0.39, 0.29) is 37.9 Å². The summed E-state index contributed by atoms with van der Waals surface area (Å²) in [5.74, 6) is 0.923. The van der Waals surface area contributed by atoms with Crippen molar-refractivity contribution in [3.05, 3.63) is 53.6 Å². The summed E-state index contributed by atoms with van der Waals surface area (Å²) in [7, 11) is 0.761. The van der Waals surface area contributed by atoms with Crippen LogP contribution in [0.5, 0.6) is 17.2 Å². The van der Waals surface area contributed by atoms with Crippen LogP contribution in [0.3, 0.4) is 0 Å². The standard InChI is InChI=1S/C25H32N4O7S/c1-28(2)37(32,33)29-14-20-23(15-29)36-19-8-4-18(5-9-19)13-26-25(31)16-35-21-10-6-17(12-22(21)34-3)7-11-24(30)27-20/h4-6,8-10,12,20,23H,7,11,13-16H2,1-3H3,(H,26,31)(H,27,30)/t20-,23-/m0/s1. The predicted octanol–water partition coefficient (Wildman–Crippen LogP) is 0.691. The van der Waals surface area contributed by atoms with Crippen molar-refractivity contribution in [3.8, 4) is 17.2 Å². The van der Waals surface area contributed by atoms with Crippen LogP contribution >= 0.6 is 0 Å². The molecule has 5 heterocycles. The number of benzene rings is 2. The van der Waals surface area contributed by atoms with Gasteiger partial charge in [-0.15, -0.1) is 0 Å². The predicted molar refractivity (Wildman–Crippen MR) is 136 cm³/mol. The summed E-state index contributed by atoms with van der Waals surface area (Å²) < 4.78 is 45.2. The molecule has 1 fully saturated rings. The Morgan fingerprint density at radius 2 is 1.73 bits per heavy atom. The maximum Gasteiger partial charge on any atom is 0.281 e. The molecule has 2 atom stereocenters. The fraction of sp³-hybridized carbons (Fsp3) is 0.440. The summed E-state index contributed by atoms with van der Waals surface area (Å²) in [6.07, 6.45) is 0.0401. The fourth-order valence-electron chi connectivity index (χ4n) is 4.20. The van der Waals surface area contributed by atoms with Gasteiger partial charge in [0, 0.05) is 33.6 Å². The summed E-state index contributed by atoms with van der Waals surface area (Å²) in [6, 6.07) is 11.9. The zero-order chi connectivity index (χ0) is 26.6. The molecular weight excluding hydrogens is 500 g/mol. The Hall–Kier alpha value is -3.35. The average molecular weight is 533 g/mol. The summed E-state index contributed by atoms with van der Waals surface area (Å²) in [4.78, 5) is 25.2.